The summed E-state index contributed by atoms with van der Waals surface area (Å²) in [5.74, 6) is 0. The summed E-state index contributed by atoms with van der Waals surface area (Å²) in [4.78, 5) is 18.1. The molecule has 23 heavy (non-hydrogen) atoms. The molecule has 2 aromatic rings. The molecule has 1 aliphatic heterocycles. The molecule has 2 unspecified atom stereocenters. The highest BCUT2D eigenvalue weighted by Gasteiger charge is 2.37. The molecule has 0 bridgehead atoms. The van der Waals surface area contributed by atoms with E-state index >= 15 is 0 Å². The summed E-state index contributed by atoms with van der Waals surface area (Å²) >= 11 is 0. The van der Waals surface area contributed by atoms with Gasteiger partial charge in [-0.15, -0.1) is 0 Å². The largest absolute Gasteiger partial charge is 0.360 e. The molecule has 0 aromatic heterocycles. The van der Waals surface area contributed by atoms with Gasteiger partial charge in [0.2, 0.25) is 0 Å². The zero-order chi connectivity index (χ0) is 16.4. The zero-order valence-corrected chi connectivity index (χ0v) is 13.3. The van der Waals surface area contributed by atoms with Crippen LogP contribution in [-0.2, 0) is 9.30 Å². The fourth-order valence-electron chi connectivity index (χ4n) is 2.35. The Bertz CT molecular complexity index is 772. The van der Waals surface area contributed by atoms with Gasteiger partial charge in [-0.2, -0.15) is 0 Å². The fraction of sp³-hybridized carbons (Fsp3) is 0.111. The minimum Gasteiger partial charge on any atom is -0.360 e. The van der Waals surface area contributed by atoms with Crippen molar-refractivity contribution in [2.45, 2.75) is 12.2 Å². The maximum atomic E-state index is 11.1. The summed E-state index contributed by atoms with van der Waals surface area (Å²) in [6, 6.07) is 14.3. The Balaban J connectivity index is 1.63. The topological polar surface area (TPSA) is 70.1 Å². The van der Waals surface area contributed by atoms with Crippen LogP contribution in [-0.4, -0.2) is 15.9 Å². The highest BCUT2D eigenvalue weighted by molar-refractivity contribution is 7.60. The van der Waals surface area contributed by atoms with Gasteiger partial charge in [0.25, 0.3) is 0 Å². The van der Waals surface area contributed by atoms with Crippen LogP contribution in [0.15, 0.2) is 61.2 Å². The lowest BCUT2D eigenvalue weighted by Gasteiger charge is -2.03. The Kier molecular flexibility index (Phi) is 4.33. The Hall–Kier alpha value is -1.97. The van der Waals surface area contributed by atoms with Crippen LogP contribution in [0.4, 0.5) is 0 Å². The molecule has 1 heterocycles. The second-order valence-electron chi connectivity index (χ2n) is 5.39. The molecule has 118 valence electrons. The maximum Gasteiger partial charge on any atom is 0.356 e. The molecular formula is C18H17O4P. The summed E-state index contributed by atoms with van der Waals surface area (Å²) in [6.45, 7) is 3.73. The number of rotatable bonds is 5. The minimum absolute atomic E-state index is 0.0255. The third-order valence-electron chi connectivity index (χ3n) is 3.73. The maximum absolute atomic E-state index is 11.1. The summed E-state index contributed by atoms with van der Waals surface area (Å²) in [7, 11) is -4.18. The van der Waals surface area contributed by atoms with Crippen LogP contribution < -0.4 is 5.30 Å². The molecule has 2 N–H and O–H groups in total. The van der Waals surface area contributed by atoms with E-state index in [1.54, 1.807) is 18.2 Å². The van der Waals surface area contributed by atoms with Gasteiger partial charge in [-0.05, 0) is 28.8 Å². The van der Waals surface area contributed by atoms with Gasteiger partial charge < -0.3 is 14.5 Å². The summed E-state index contributed by atoms with van der Waals surface area (Å²) in [5, 5.41) is 0.0255. The number of benzene rings is 2. The van der Waals surface area contributed by atoms with Crippen molar-refractivity contribution in [1.82, 2.24) is 0 Å². The quantitative estimate of drug-likeness (QED) is 0.653. The van der Waals surface area contributed by atoms with Gasteiger partial charge in [-0.25, -0.2) is 0 Å². The van der Waals surface area contributed by atoms with E-state index in [-0.39, 0.29) is 17.5 Å². The van der Waals surface area contributed by atoms with Crippen molar-refractivity contribution < 1.29 is 19.1 Å². The molecule has 0 radical (unpaired) electrons. The fourth-order valence-corrected chi connectivity index (χ4v) is 2.88. The lowest BCUT2D eigenvalue weighted by Crippen LogP contribution is -2.02. The molecule has 1 aliphatic rings. The molecule has 0 spiro atoms. The lowest BCUT2D eigenvalue weighted by molar-refractivity contribution is 0.387. The van der Waals surface area contributed by atoms with Crippen LogP contribution in [0.3, 0.4) is 0 Å². The highest BCUT2D eigenvalue weighted by Crippen LogP contribution is 2.40. The van der Waals surface area contributed by atoms with E-state index in [1.165, 1.54) is 12.1 Å². The Labute approximate surface area is 134 Å². The molecule has 3 rings (SSSR count). The van der Waals surface area contributed by atoms with Gasteiger partial charge in [0, 0.05) is 0 Å². The first-order chi connectivity index (χ1) is 11.0. The van der Waals surface area contributed by atoms with Crippen molar-refractivity contribution in [2.75, 3.05) is 0 Å². The third-order valence-corrected chi connectivity index (χ3v) is 4.70. The third kappa shape index (κ3) is 3.87. The van der Waals surface area contributed by atoms with Crippen molar-refractivity contribution >= 4 is 25.1 Å². The second-order valence-corrected chi connectivity index (χ2v) is 6.99. The molecule has 2 atom stereocenters. The zero-order valence-electron chi connectivity index (χ0n) is 12.4. The second kappa shape index (κ2) is 6.26. The van der Waals surface area contributed by atoms with Gasteiger partial charge in [0.1, 0.15) is 12.2 Å². The van der Waals surface area contributed by atoms with E-state index in [1.807, 2.05) is 36.4 Å². The number of hydrogen-bond acceptors (Lipinski definition) is 2. The smallest absolute Gasteiger partial charge is 0.356 e. The molecule has 0 aliphatic carbocycles. The van der Waals surface area contributed by atoms with Crippen molar-refractivity contribution in [3.8, 4) is 0 Å². The van der Waals surface area contributed by atoms with E-state index in [4.69, 9.17) is 14.5 Å². The Morgan fingerprint density at radius 3 is 2.17 bits per heavy atom. The minimum atomic E-state index is -4.18. The van der Waals surface area contributed by atoms with Gasteiger partial charge in [0.15, 0.2) is 0 Å². The van der Waals surface area contributed by atoms with Gasteiger partial charge in [-0.1, -0.05) is 61.2 Å². The van der Waals surface area contributed by atoms with Crippen LogP contribution in [0, 0.1) is 0 Å². The monoisotopic (exact) mass is 328 g/mol. The van der Waals surface area contributed by atoms with Crippen molar-refractivity contribution in [1.29, 1.82) is 0 Å². The highest BCUT2D eigenvalue weighted by atomic mass is 31.2. The average molecular weight is 328 g/mol. The van der Waals surface area contributed by atoms with Crippen molar-refractivity contribution in [3.63, 3.8) is 0 Å². The van der Waals surface area contributed by atoms with Crippen molar-refractivity contribution in [2.24, 2.45) is 0 Å². The molecular weight excluding hydrogens is 311 g/mol. The Morgan fingerprint density at radius 2 is 1.61 bits per heavy atom. The molecule has 1 fully saturated rings. The van der Waals surface area contributed by atoms with E-state index in [0.717, 1.165) is 16.7 Å². The Morgan fingerprint density at radius 1 is 1.00 bits per heavy atom. The van der Waals surface area contributed by atoms with Crippen LogP contribution in [0.1, 0.15) is 22.8 Å². The molecule has 5 heteroatoms. The number of epoxide rings is 1. The van der Waals surface area contributed by atoms with E-state index in [9.17, 15) is 4.57 Å². The van der Waals surface area contributed by atoms with Crippen LogP contribution in [0.5, 0.6) is 0 Å². The normalized spacial score (nSPS) is 20.6. The van der Waals surface area contributed by atoms with Gasteiger partial charge in [-0.3, -0.25) is 4.57 Å². The first kappa shape index (κ1) is 15.9. The lowest BCUT2D eigenvalue weighted by atomic mass is 10.1. The first-order valence-corrected chi connectivity index (χ1v) is 8.81. The number of ether oxygens (including phenoxy) is 1. The van der Waals surface area contributed by atoms with Crippen LogP contribution in [0.25, 0.3) is 12.2 Å². The van der Waals surface area contributed by atoms with E-state index < -0.39 is 7.60 Å². The molecule has 1 saturated heterocycles. The number of hydrogen-bond donors (Lipinski definition) is 2. The van der Waals surface area contributed by atoms with E-state index in [0.29, 0.717) is 0 Å². The predicted octanol–water partition coefficient (Wildman–Crippen LogP) is 3.29. The first-order valence-electron chi connectivity index (χ1n) is 7.19. The molecule has 2 aromatic carbocycles. The molecule has 0 amide bonds. The standard InChI is InChI=1S/C18H17O4P/c1-2-13-3-8-15(9-4-13)18-17(22-18)12-7-14-5-10-16(11-6-14)23(19,20)21/h2-12,17-18H,1H2,(H2,19,20,21)/b12-7+. The SMILES string of the molecule is C=Cc1ccc(C2OC2/C=C/c2ccc(P(=O)(O)O)cc2)cc1. The summed E-state index contributed by atoms with van der Waals surface area (Å²) in [6.07, 6.45) is 5.76. The van der Waals surface area contributed by atoms with Crippen molar-refractivity contribution in [3.05, 3.63) is 77.9 Å². The average Bonchev–Trinajstić information content (AvgIpc) is 3.32. The van der Waals surface area contributed by atoms with Crippen LogP contribution >= 0.6 is 7.60 Å². The van der Waals surface area contributed by atoms with Gasteiger partial charge >= 0.3 is 7.60 Å². The van der Waals surface area contributed by atoms with Crippen LogP contribution in [0.2, 0.25) is 0 Å². The van der Waals surface area contributed by atoms with Gasteiger partial charge in [0.05, 0.1) is 5.30 Å². The van der Waals surface area contributed by atoms with E-state index in [2.05, 4.69) is 6.58 Å². The molecule has 0 saturated carbocycles. The predicted molar refractivity (Wildman–Crippen MR) is 91.3 cm³/mol. The summed E-state index contributed by atoms with van der Waals surface area (Å²) < 4.78 is 16.8. The molecule has 4 nitrogen and oxygen atoms in total. The summed E-state index contributed by atoms with van der Waals surface area (Å²) in [5.41, 5.74) is 3.08.